The molecule has 6 heteroatoms. The van der Waals surface area contributed by atoms with Crippen LogP contribution in [0.4, 0.5) is 5.69 Å². The van der Waals surface area contributed by atoms with Crippen LogP contribution in [0.3, 0.4) is 0 Å². The number of anilines is 1. The molecule has 5 aliphatic rings. The molecule has 12 rings (SSSR count). The minimum Gasteiger partial charge on any atom is -0.458 e. The smallest absolute Gasteiger partial charge is 0.135 e. The molecule has 0 saturated carbocycles. The Labute approximate surface area is 337 Å². The van der Waals surface area contributed by atoms with Gasteiger partial charge >= 0.3 is 0 Å². The summed E-state index contributed by atoms with van der Waals surface area (Å²) in [5.74, 6) is 1.69. The molecule has 3 aliphatic carbocycles. The molecule has 2 aromatic heterocycles. The number of nitrogens with zero attached hydrogens (tertiary/aromatic N) is 1. The van der Waals surface area contributed by atoms with Gasteiger partial charge in [0.05, 0.1) is 30.6 Å². The molecule has 0 bridgehead atoms. The van der Waals surface area contributed by atoms with E-state index in [-0.39, 0.29) is 36.5 Å². The highest BCUT2D eigenvalue weighted by molar-refractivity contribution is 6.07. The van der Waals surface area contributed by atoms with Crippen LogP contribution in [0.15, 0.2) is 172 Å². The van der Waals surface area contributed by atoms with Crippen LogP contribution in [0.25, 0.3) is 50.1 Å². The molecule has 1 fully saturated rings. The van der Waals surface area contributed by atoms with Gasteiger partial charge in [-0.1, -0.05) is 134 Å². The van der Waals surface area contributed by atoms with Gasteiger partial charge in [-0.3, -0.25) is 16.0 Å². The lowest BCUT2D eigenvalue weighted by molar-refractivity contribution is 0.224. The molecule has 3 N–H and O–H groups in total. The van der Waals surface area contributed by atoms with Gasteiger partial charge in [-0.25, -0.2) is 0 Å². The number of furan rings is 2. The maximum atomic E-state index is 6.85. The molecular formula is C52H44N4O2. The molecule has 7 aromatic rings. The van der Waals surface area contributed by atoms with Crippen molar-refractivity contribution >= 4 is 44.7 Å². The van der Waals surface area contributed by atoms with Crippen LogP contribution in [0.5, 0.6) is 0 Å². The summed E-state index contributed by atoms with van der Waals surface area (Å²) in [6, 6.07) is 39.8. The monoisotopic (exact) mass is 756 g/mol. The van der Waals surface area contributed by atoms with Crippen molar-refractivity contribution in [1.82, 2.24) is 16.0 Å². The predicted molar refractivity (Wildman–Crippen MR) is 235 cm³/mol. The third kappa shape index (κ3) is 5.43. The Morgan fingerprint density at radius 2 is 1.36 bits per heavy atom. The van der Waals surface area contributed by atoms with E-state index in [9.17, 15) is 0 Å². The summed E-state index contributed by atoms with van der Waals surface area (Å²) in [4.78, 5) is 2.61. The van der Waals surface area contributed by atoms with Crippen LogP contribution >= 0.6 is 0 Å². The largest absolute Gasteiger partial charge is 0.458 e. The van der Waals surface area contributed by atoms with Crippen molar-refractivity contribution in [3.05, 3.63) is 191 Å². The van der Waals surface area contributed by atoms with Gasteiger partial charge in [-0.05, 0) is 82.6 Å². The highest BCUT2D eigenvalue weighted by Gasteiger charge is 2.44. The standard InChI is InChI=1S/C52H44N4O2/c1-31-20-24-40-42-29-35(23-27-46(42)58-49(40)48(31)56-43-18-10-8-16-37(43)38-17-9-11-19-44(38)56)34-22-26-45-41(28-34)39-25-21-36(30-47(39)57-45)52-54-50(32-12-4-2-5-13-32)53-51(55-52)33-14-6-3-7-15-33/h2,4-6,8-31,37,43,48,50-55H,3,7H2,1H3. The molecule has 58 heavy (non-hydrogen) atoms. The predicted octanol–water partition coefficient (Wildman–Crippen LogP) is 11.9. The average Bonchev–Trinajstić information content (AvgIpc) is 3.95. The van der Waals surface area contributed by atoms with E-state index in [4.69, 9.17) is 8.83 Å². The molecule has 2 aliphatic heterocycles. The lowest BCUT2D eigenvalue weighted by atomic mass is 9.86. The van der Waals surface area contributed by atoms with Crippen LogP contribution in [0.2, 0.25) is 0 Å². The first kappa shape index (κ1) is 33.9. The summed E-state index contributed by atoms with van der Waals surface area (Å²) >= 11 is 0. The lowest BCUT2D eigenvalue weighted by Gasteiger charge is -2.40. The Morgan fingerprint density at radius 3 is 2.21 bits per heavy atom. The van der Waals surface area contributed by atoms with Crippen LogP contribution in [0.1, 0.15) is 72.1 Å². The molecule has 0 radical (unpaired) electrons. The average molecular weight is 757 g/mol. The first-order chi connectivity index (χ1) is 28.6. The molecule has 5 aromatic carbocycles. The Hall–Kier alpha value is -6.18. The molecular weight excluding hydrogens is 713 g/mol. The van der Waals surface area contributed by atoms with E-state index >= 15 is 0 Å². The van der Waals surface area contributed by atoms with Crippen molar-refractivity contribution in [2.75, 3.05) is 4.90 Å². The van der Waals surface area contributed by atoms with Crippen molar-refractivity contribution in [2.45, 2.75) is 56.3 Å². The van der Waals surface area contributed by atoms with Gasteiger partial charge in [0.15, 0.2) is 0 Å². The van der Waals surface area contributed by atoms with Gasteiger partial charge in [0.25, 0.3) is 0 Å². The second-order valence-electron chi connectivity index (χ2n) is 16.5. The van der Waals surface area contributed by atoms with Crippen molar-refractivity contribution < 1.29 is 8.83 Å². The van der Waals surface area contributed by atoms with Crippen LogP contribution in [-0.4, -0.2) is 12.2 Å². The van der Waals surface area contributed by atoms with Crippen molar-refractivity contribution in [3.63, 3.8) is 0 Å². The zero-order chi connectivity index (χ0) is 38.3. The number of nitrogens with one attached hydrogen (secondary N) is 3. The highest BCUT2D eigenvalue weighted by atomic mass is 16.3. The first-order valence-electron chi connectivity index (χ1n) is 20.8. The Bertz CT molecular complexity index is 2910. The summed E-state index contributed by atoms with van der Waals surface area (Å²) in [5.41, 5.74) is 12.5. The van der Waals surface area contributed by atoms with E-state index in [1.54, 1.807) is 0 Å². The Morgan fingerprint density at radius 1 is 0.603 bits per heavy atom. The van der Waals surface area contributed by atoms with Gasteiger partial charge < -0.3 is 13.7 Å². The van der Waals surface area contributed by atoms with Crippen molar-refractivity contribution in [1.29, 1.82) is 0 Å². The fourth-order valence-electron chi connectivity index (χ4n) is 10.2. The van der Waals surface area contributed by atoms with E-state index in [2.05, 4.69) is 192 Å². The molecule has 4 heterocycles. The Balaban J connectivity index is 0.879. The summed E-state index contributed by atoms with van der Waals surface area (Å²) in [5, 5.41) is 14.8. The zero-order valence-electron chi connectivity index (χ0n) is 32.3. The van der Waals surface area contributed by atoms with Gasteiger partial charge in [0.2, 0.25) is 0 Å². The van der Waals surface area contributed by atoms with Crippen molar-refractivity contribution in [2.24, 2.45) is 5.92 Å². The third-order valence-electron chi connectivity index (χ3n) is 13.0. The molecule has 0 spiro atoms. The maximum Gasteiger partial charge on any atom is 0.135 e. The normalized spacial score (nSPS) is 26.0. The number of hydrogen-bond donors (Lipinski definition) is 3. The van der Waals surface area contributed by atoms with Gasteiger partial charge in [0, 0.05) is 39.2 Å². The molecule has 6 nitrogen and oxygen atoms in total. The summed E-state index contributed by atoms with van der Waals surface area (Å²) in [7, 11) is 0. The molecule has 284 valence electrons. The third-order valence-corrected chi connectivity index (χ3v) is 13.0. The summed E-state index contributed by atoms with van der Waals surface area (Å²) < 4.78 is 13.4. The molecule has 7 unspecified atom stereocenters. The van der Waals surface area contributed by atoms with Gasteiger partial charge in [-0.15, -0.1) is 0 Å². The lowest BCUT2D eigenvalue weighted by Crippen LogP contribution is -2.59. The number of fused-ring (bicyclic) bond motifs is 9. The highest BCUT2D eigenvalue weighted by Crippen LogP contribution is 2.52. The minimum atomic E-state index is -0.0808. The minimum absolute atomic E-state index is 0.0127. The fourth-order valence-corrected chi connectivity index (χ4v) is 10.2. The van der Waals surface area contributed by atoms with Crippen molar-refractivity contribution in [3.8, 4) is 11.1 Å². The van der Waals surface area contributed by atoms with Gasteiger partial charge in [0.1, 0.15) is 22.5 Å². The number of allylic oxidation sites excluding steroid dienone is 4. The molecule has 7 atom stereocenters. The number of rotatable bonds is 5. The van der Waals surface area contributed by atoms with Crippen LogP contribution < -0.4 is 20.9 Å². The topological polar surface area (TPSA) is 65.6 Å². The number of para-hydroxylation sites is 1. The van der Waals surface area contributed by atoms with Gasteiger partial charge in [-0.2, -0.15) is 0 Å². The maximum absolute atomic E-state index is 6.85. The second kappa shape index (κ2) is 13.5. The molecule has 0 amide bonds. The SMILES string of the molecule is CC1C=Cc2c(oc3ccc(-c4ccc5oc6cc(C7NC(C8=CCCC=C8)NC(c8ccccc8)N7)ccc6c5c4)cc23)C1N1c2ccccc2C2C=CC=CC21. The number of benzene rings is 5. The van der Waals surface area contributed by atoms with E-state index in [0.717, 1.165) is 68.2 Å². The van der Waals surface area contributed by atoms with E-state index in [1.807, 2.05) is 0 Å². The Kier molecular flexibility index (Phi) is 7.87. The second-order valence-corrected chi connectivity index (χ2v) is 16.5. The zero-order valence-corrected chi connectivity index (χ0v) is 32.3. The van der Waals surface area contributed by atoms with E-state index < -0.39 is 0 Å². The van der Waals surface area contributed by atoms with Crippen LogP contribution in [-0.2, 0) is 0 Å². The first-order valence-corrected chi connectivity index (χ1v) is 20.8. The van der Waals surface area contributed by atoms with E-state index in [1.165, 1.54) is 28.0 Å². The van der Waals surface area contributed by atoms with Crippen LogP contribution in [0, 0.1) is 5.92 Å². The summed E-state index contributed by atoms with van der Waals surface area (Å²) in [6.45, 7) is 2.32. The fraction of sp³-hybridized carbons (Fsp3) is 0.192. The quantitative estimate of drug-likeness (QED) is 0.163. The molecule has 1 saturated heterocycles. The summed E-state index contributed by atoms with van der Waals surface area (Å²) in [6.07, 6.45) is 22.7. The van der Waals surface area contributed by atoms with E-state index in [0.29, 0.717) is 5.92 Å². The number of hydrogen-bond acceptors (Lipinski definition) is 6.